The molecule has 1 aromatic rings. The number of ether oxygens (including phenoxy) is 1. The van der Waals surface area contributed by atoms with Gasteiger partial charge >= 0.3 is 0 Å². The summed E-state index contributed by atoms with van der Waals surface area (Å²) in [5, 5.41) is 6.52. The Morgan fingerprint density at radius 2 is 2.13 bits per heavy atom. The highest BCUT2D eigenvalue weighted by Crippen LogP contribution is 2.16. The van der Waals surface area contributed by atoms with E-state index in [0.717, 1.165) is 31.6 Å². The van der Waals surface area contributed by atoms with E-state index in [1.54, 1.807) is 0 Å². The van der Waals surface area contributed by atoms with Gasteiger partial charge in [0, 0.05) is 18.5 Å². The Labute approximate surface area is 145 Å². The van der Waals surface area contributed by atoms with Crippen LogP contribution in [0.3, 0.4) is 0 Å². The van der Waals surface area contributed by atoms with Crippen LogP contribution in [0.1, 0.15) is 43.7 Å². The zero-order valence-corrected chi connectivity index (χ0v) is 15.2. The molecule has 0 bridgehead atoms. The number of hydrogen-bond acceptors (Lipinski definition) is 3. The first-order valence-electron chi connectivity index (χ1n) is 8.29. The van der Waals surface area contributed by atoms with Crippen molar-refractivity contribution in [3.63, 3.8) is 0 Å². The fourth-order valence-electron chi connectivity index (χ4n) is 2.75. The lowest BCUT2D eigenvalue weighted by atomic mass is 10.00. The molecule has 1 fully saturated rings. The lowest BCUT2D eigenvalue weighted by molar-refractivity contribution is -0.122. The topological polar surface area (TPSA) is 50.4 Å². The molecule has 2 rings (SSSR count). The van der Waals surface area contributed by atoms with Crippen molar-refractivity contribution in [2.24, 2.45) is 0 Å². The van der Waals surface area contributed by atoms with Crippen molar-refractivity contribution in [3.8, 4) is 5.75 Å². The van der Waals surface area contributed by atoms with E-state index in [-0.39, 0.29) is 24.4 Å². The molecule has 130 valence electrons. The average Bonchev–Trinajstić information content (AvgIpc) is 2.49. The Hall–Kier alpha value is -1.26. The highest BCUT2D eigenvalue weighted by Gasteiger charge is 2.21. The number of aryl methyl sites for hydroxylation is 2. The van der Waals surface area contributed by atoms with Gasteiger partial charge < -0.3 is 15.4 Å². The molecule has 0 aliphatic carbocycles. The van der Waals surface area contributed by atoms with Gasteiger partial charge in [-0.1, -0.05) is 6.07 Å². The normalized spacial score (nSPS) is 20.5. The van der Waals surface area contributed by atoms with Crippen LogP contribution in [0.2, 0.25) is 0 Å². The number of piperidine rings is 1. The SMILES string of the molecule is Cc1ccc(OCCCC(=O)NC2CCCNC2C)cc1C.Cl. The lowest BCUT2D eigenvalue weighted by Crippen LogP contribution is -2.51. The van der Waals surface area contributed by atoms with Crippen LogP contribution in [0.15, 0.2) is 18.2 Å². The average molecular weight is 341 g/mol. The molecular weight excluding hydrogens is 312 g/mol. The maximum Gasteiger partial charge on any atom is 0.220 e. The maximum absolute atomic E-state index is 12.0. The molecular formula is C18H29ClN2O2. The minimum Gasteiger partial charge on any atom is -0.494 e. The monoisotopic (exact) mass is 340 g/mol. The molecule has 23 heavy (non-hydrogen) atoms. The van der Waals surface area contributed by atoms with Crippen LogP contribution in [-0.2, 0) is 4.79 Å². The number of carbonyl (C=O) groups excluding carboxylic acids is 1. The van der Waals surface area contributed by atoms with Crippen molar-refractivity contribution in [1.29, 1.82) is 0 Å². The van der Waals surface area contributed by atoms with Gasteiger partial charge in [0.15, 0.2) is 0 Å². The fourth-order valence-corrected chi connectivity index (χ4v) is 2.75. The second-order valence-corrected chi connectivity index (χ2v) is 6.26. The second-order valence-electron chi connectivity index (χ2n) is 6.26. The Morgan fingerprint density at radius 3 is 2.83 bits per heavy atom. The largest absolute Gasteiger partial charge is 0.494 e. The van der Waals surface area contributed by atoms with Gasteiger partial charge in [-0.25, -0.2) is 0 Å². The quantitative estimate of drug-likeness (QED) is 0.782. The Balaban J connectivity index is 0.00000264. The van der Waals surface area contributed by atoms with E-state index in [4.69, 9.17) is 4.74 Å². The molecule has 0 aromatic heterocycles. The molecule has 4 nitrogen and oxygen atoms in total. The zero-order chi connectivity index (χ0) is 15.9. The van der Waals surface area contributed by atoms with Gasteiger partial charge in [0.2, 0.25) is 5.91 Å². The van der Waals surface area contributed by atoms with Crippen LogP contribution in [0, 0.1) is 13.8 Å². The molecule has 0 saturated carbocycles. The van der Waals surface area contributed by atoms with Crippen molar-refractivity contribution in [3.05, 3.63) is 29.3 Å². The third-order valence-corrected chi connectivity index (χ3v) is 4.40. The molecule has 2 atom stereocenters. The predicted octanol–water partition coefficient (Wildman–Crippen LogP) is 3.14. The number of amides is 1. The van der Waals surface area contributed by atoms with E-state index in [9.17, 15) is 4.79 Å². The number of nitrogens with one attached hydrogen (secondary N) is 2. The Bertz CT molecular complexity index is 508. The minimum atomic E-state index is 0. The third kappa shape index (κ3) is 6.40. The summed E-state index contributed by atoms with van der Waals surface area (Å²) in [7, 11) is 0. The Kier molecular flexibility index (Phi) is 8.42. The van der Waals surface area contributed by atoms with E-state index in [2.05, 4.69) is 37.5 Å². The number of rotatable bonds is 6. The molecule has 2 N–H and O–H groups in total. The van der Waals surface area contributed by atoms with E-state index in [1.807, 2.05) is 12.1 Å². The standard InChI is InChI=1S/C18H28N2O2.ClH/c1-13-8-9-16(12-14(13)2)22-11-5-7-18(21)20-17-6-4-10-19-15(17)3;/h8-9,12,15,17,19H,4-7,10-11H2,1-3H3,(H,20,21);1H. The summed E-state index contributed by atoms with van der Waals surface area (Å²) < 4.78 is 5.71. The molecule has 1 amide bonds. The molecule has 1 saturated heterocycles. The number of hydrogen-bond donors (Lipinski definition) is 2. The molecule has 0 spiro atoms. The summed E-state index contributed by atoms with van der Waals surface area (Å²) in [6, 6.07) is 6.73. The zero-order valence-electron chi connectivity index (χ0n) is 14.4. The molecule has 2 unspecified atom stereocenters. The molecule has 1 aliphatic rings. The van der Waals surface area contributed by atoms with Crippen molar-refractivity contribution >= 4 is 18.3 Å². The summed E-state index contributed by atoms with van der Waals surface area (Å²) in [5.74, 6) is 1.01. The summed E-state index contributed by atoms with van der Waals surface area (Å²) in [6.07, 6.45) is 3.46. The molecule has 1 aliphatic heterocycles. The van der Waals surface area contributed by atoms with E-state index in [1.165, 1.54) is 11.1 Å². The highest BCUT2D eigenvalue weighted by atomic mass is 35.5. The van der Waals surface area contributed by atoms with Gasteiger partial charge in [-0.2, -0.15) is 0 Å². The van der Waals surface area contributed by atoms with Crippen LogP contribution in [-0.4, -0.2) is 31.1 Å². The van der Waals surface area contributed by atoms with Gasteiger partial charge in [-0.3, -0.25) is 4.79 Å². The first-order chi connectivity index (χ1) is 10.6. The molecule has 1 heterocycles. The fraction of sp³-hybridized carbons (Fsp3) is 0.611. The van der Waals surface area contributed by atoms with Crippen LogP contribution < -0.4 is 15.4 Å². The van der Waals surface area contributed by atoms with E-state index < -0.39 is 0 Å². The van der Waals surface area contributed by atoms with Crippen molar-refractivity contribution in [2.45, 2.75) is 58.5 Å². The van der Waals surface area contributed by atoms with Gasteiger partial charge in [0.1, 0.15) is 5.75 Å². The number of halogens is 1. The summed E-state index contributed by atoms with van der Waals surface area (Å²) in [6.45, 7) is 7.93. The predicted molar refractivity (Wildman–Crippen MR) is 96.5 cm³/mol. The first-order valence-corrected chi connectivity index (χ1v) is 8.29. The van der Waals surface area contributed by atoms with Gasteiger partial charge in [0.25, 0.3) is 0 Å². The van der Waals surface area contributed by atoms with Gasteiger partial charge in [0.05, 0.1) is 6.61 Å². The van der Waals surface area contributed by atoms with Crippen molar-refractivity contribution in [2.75, 3.05) is 13.2 Å². The van der Waals surface area contributed by atoms with Gasteiger partial charge in [-0.15, -0.1) is 12.4 Å². The van der Waals surface area contributed by atoms with Crippen molar-refractivity contribution in [1.82, 2.24) is 10.6 Å². The smallest absolute Gasteiger partial charge is 0.220 e. The van der Waals surface area contributed by atoms with Crippen LogP contribution in [0.25, 0.3) is 0 Å². The number of benzene rings is 1. The highest BCUT2D eigenvalue weighted by molar-refractivity contribution is 5.85. The minimum absolute atomic E-state index is 0. The number of carbonyl (C=O) groups is 1. The van der Waals surface area contributed by atoms with Crippen LogP contribution in [0.5, 0.6) is 5.75 Å². The van der Waals surface area contributed by atoms with Crippen molar-refractivity contribution < 1.29 is 9.53 Å². The lowest BCUT2D eigenvalue weighted by Gasteiger charge is -2.30. The maximum atomic E-state index is 12.0. The first kappa shape index (κ1) is 19.8. The molecule has 0 radical (unpaired) electrons. The second kappa shape index (κ2) is 9.78. The van der Waals surface area contributed by atoms with E-state index in [0.29, 0.717) is 19.1 Å². The Morgan fingerprint density at radius 1 is 1.35 bits per heavy atom. The van der Waals surface area contributed by atoms with Gasteiger partial charge in [-0.05, 0) is 69.8 Å². The van der Waals surface area contributed by atoms with Crippen LogP contribution >= 0.6 is 12.4 Å². The molecule has 5 heteroatoms. The molecule has 1 aromatic carbocycles. The third-order valence-electron chi connectivity index (χ3n) is 4.40. The summed E-state index contributed by atoms with van der Waals surface area (Å²) in [5.41, 5.74) is 2.50. The van der Waals surface area contributed by atoms with Crippen LogP contribution in [0.4, 0.5) is 0 Å². The van der Waals surface area contributed by atoms with E-state index >= 15 is 0 Å². The summed E-state index contributed by atoms with van der Waals surface area (Å²) >= 11 is 0. The summed E-state index contributed by atoms with van der Waals surface area (Å²) in [4.78, 5) is 12.0.